The molecule has 3 heterocycles. The van der Waals surface area contributed by atoms with Crippen LogP contribution in [0.5, 0.6) is 0 Å². The van der Waals surface area contributed by atoms with E-state index in [4.69, 9.17) is 10.5 Å². The minimum absolute atomic E-state index is 0.0814. The molecule has 0 saturated heterocycles. The number of pyridine rings is 2. The number of hydrogen-bond donors (Lipinski definition) is 2. The SMILES string of the molecule is CC1OC(=O)NN=C1c1cnc(-c2ccnc(N)c2)c(C(F)(F)F)c1. The first-order valence-corrected chi connectivity index (χ1v) is 7.09. The van der Waals surface area contributed by atoms with Crippen molar-refractivity contribution in [2.45, 2.75) is 19.2 Å². The Kier molecular flexibility index (Phi) is 4.03. The third-order valence-electron chi connectivity index (χ3n) is 3.48. The molecule has 0 radical (unpaired) electrons. The van der Waals surface area contributed by atoms with Gasteiger partial charge in [0.15, 0.2) is 0 Å². The third-order valence-corrected chi connectivity index (χ3v) is 3.48. The fourth-order valence-electron chi connectivity index (χ4n) is 2.39. The van der Waals surface area contributed by atoms with Gasteiger partial charge in [-0.25, -0.2) is 15.2 Å². The number of nitrogens with two attached hydrogens (primary N) is 1. The number of carbonyl (C=O) groups excluding carboxylic acids is 1. The van der Waals surface area contributed by atoms with Crippen LogP contribution in [0.4, 0.5) is 23.8 Å². The number of nitrogens with zero attached hydrogens (tertiary/aromatic N) is 3. The Morgan fingerprint density at radius 2 is 2.00 bits per heavy atom. The highest BCUT2D eigenvalue weighted by Crippen LogP contribution is 2.37. The first-order valence-electron chi connectivity index (χ1n) is 7.09. The molecule has 130 valence electrons. The lowest BCUT2D eigenvalue weighted by molar-refractivity contribution is -0.137. The average molecular weight is 351 g/mol. The average Bonchev–Trinajstić information content (AvgIpc) is 2.53. The molecule has 1 amide bonds. The van der Waals surface area contributed by atoms with E-state index < -0.39 is 23.9 Å². The smallest absolute Gasteiger partial charge is 0.428 e. The van der Waals surface area contributed by atoms with Gasteiger partial charge in [-0.05, 0) is 25.1 Å². The molecule has 0 bridgehead atoms. The van der Waals surface area contributed by atoms with Crippen LogP contribution in [0.25, 0.3) is 11.3 Å². The number of alkyl halides is 3. The number of nitrogens with one attached hydrogen (secondary N) is 1. The minimum atomic E-state index is -4.65. The van der Waals surface area contributed by atoms with Gasteiger partial charge < -0.3 is 10.5 Å². The van der Waals surface area contributed by atoms with Crippen LogP contribution < -0.4 is 11.2 Å². The number of carbonyl (C=O) groups is 1. The van der Waals surface area contributed by atoms with Crippen molar-refractivity contribution in [1.29, 1.82) is 0 Å². The van der Waals surface area contributed by atoms with Crippen molar-refractivity contribution in [3.05, 3.63) is 41.7 Å². The molecule has 25 heavy (non-hydrogen) atoms. The molecular weight excluding hydrogens is 339 g/mol. The predicted molar refractivity (Wildman–Crippen MR) is 82.5 cm³/mol. The first kappa shape index (κ1) is 16.7. The summed E-state index contributed by atoms with van der Waals surface area (Å²) in [6, 6.07) is 3.61. The topological polar surface area (TPSA) is 102 Å². The molecule has 7 nitrogen and oxygen atoms in total. The Morgan fingerprint density at radius 1 is 1.24 bits per heavy atom. The van der Waals surface area contributed by atoms with Crippen LogP contribution in [0.3, 0.4) is 0 Å². The summed E-state index contributed by atoms with van der Waals surface area (Å²) in [6.45, 7) is 1.50. The van der Waals surface area contributed by atoms with E-state index in [1.54, 1.807) is 0 Å². The lowest BCUT2D eigenvalue weighted by Gasteiger charge is -2.21. The molecule has 3 rings (SSSR count). The number of nitrogen functional groups attached to an aromatic ring is 1. The summed E-state index contributed by atoms with van der Waals surface area (Å²) in [5.74, 6) is 0.0814. The summed E-state index contributed by atoms with van der Waals surface area (Å²) in [5, 5.41) is 3.76. The van der Waals surface area contributed by atoms with Crippen LogP contribution >= 0.6 is 0 Å². The number of rotatable bonds is 2. The van der Waals surface area contributed by atoms with Gasteiger partial charge in [-0.2, -0.15) is 18.3 Å². The van der Waals surface area contributed by atoms with Gasteiger partial charge in [0.1, 0.15) is 17.6 Å². The van der Waals surface area contributed by atoms with Crippen LogP contribution in [-0.4, -0.2) is 27.9 Å². The van der Waals surface area contributed by atoms with Crippen LogP contribution in [0.2, 0.25) is 0 Å². The van der Waals surface area contributed by atoms with E-state index in [1.165, 1.54) is 31.5 Å². The minimum Gasteiger partial charge on any atom is -0.439 e. The summed E-state index contributed by atoms with van der Waals surface area (Å²) in [7, 11) is 0. The zero-order valence-electron chi connectivity index (χ0n) is 12.8. The Morgan fingerprint density at radius 3 is 2.64 bits per heavy atom. The number of anilines is 1. The van der Waals surface area contributed by atoms with Crippen LogP contribution in [0, 0.1) is 0 Å². The van der Waals surface area contributed by atoms with Crippen molar-refractivity contribution in [2.75, 3.05) is 5.73 Å². The van der Waals surface area contributed by atoms with Gasteiger partial charge >= 0.3 is 12.3 Å². The predicted octanol–water partition coefficient (Wildman–Crippen LogP) is 2.58. The molecule has 1 unspecified atom stereocenters. The standard InChI is InChI=1S/C15H12F3N5O2/c1-7-12(22-23-14(24)25-7)9-4-10(15(16,17)18)13(21-6-9)8-2-3-20-11(19)5-8/h2-7H,1H3,(H2,19,20)(H,23,24). The van der Waals surface area contributed by atoms with Gasteiger partial charge in [-0.3, -0.25) is 4.98 Å². The van der Waals surface area contributed by atoms with Crippen LogP contribution in [0.1, 0.15) is 18.1 Å². The summed E-state index contributed by atoms with van der Waals surface area (Å²) >= 11 is 0. The van der Waals surface area contributed by atoms with E-state index in [1.807, 2.05) is 0 Å². The monoisotopic (exact) mass is 351 g/mol. The van der Waals surface area contributed by atoms with Crippen molar-refractivity contribution < 1.29 is 22.7 Å². The van der Waals surface area contributed by atoms with Crippen molar-refractivity contribution in [1.82, 2.24) is 15.4 Å². The van der Waals surface area contributed by atoms with Crippen LogP contribution in [0.15, 0.2) is 35.7 Å². The summed E-state index contributed by atoms with van der Waals surface area (Å²) in [4.78, 5) is 18.8. The molecule has 3 N–H and O–H groups in total. The highest BCUT2D eigenvalue weighted by Gasteiger charge is 2.36. The molecule has 1 atom stereocenters. The van der Waals surface area contributed by atoms with E-state index in [2.05, 4.69) is 20.5 Å². The van der Waals surface area contributed by atoms with E-state index in [0.717, 1.165) is 6.07 Å². The van der Waals surface area contributed by atoms with Gasteiger partial charge in [0.2, 0.25) is 0 Å². The third kappa shape index (κ3) is 3.37. The highest BCUT2D eigenvalue weighted by atomic mass is 19.4. The summed E-state index contributed by atoms with van der Waals surface area (Å²) in [5.41, 5.74) is 6.78. The van der Waals surface area contributed by atoms with E-state index in [-0.39, 0.29) is 28.4 Å². The maximum atomic E-state index is 13.5. The second-order valence-electron chi connectivity index (χ2n) is 5.24. The highest BCUT2D eigenvalue weighted by molar-refractivity contribution is 6.05. The van der Waals surface area contributed by atoms with Gasteiger partial charge in [-0.15, -0.1) is 0 Å². The molecule has 2 aromatic heterocycles. The molecule has 10 heteroatoms. The maximum Gasteiger partial charge on any atom is 0.428 e. The molecule has 1 aliphatic rings. The maximum absolute atomic E-state index is 13.5. The largest absolute Gasteiger partial charge is 0.439 e. The Bertz CT molecular complexity index is 866. The number of aromatic nitrogens is 2. The van der Waals surface area contributed by atoms with Gasteiger partial charge in [0.25, 0.3) is 0 Å². The van der Waals surface area contributed by atoms with E-state index >= 15 is 0 Å². The molecule has 0 fully saturated rings. The second kappa shape index (κ2) is 6.04. The van der Waals surface area contributed by atoms with Crippen molar-refractivity contribution in [3.8, 4) is 11.3 Å². The van der Waals surface area contributed by atoms with Crippen LogP contribution in [-0.2, 0) is 10.9 Å². The lowest BCUT2D eigenvalue weighted by Crippen LogP contribution is -2.37. The molecule has 0 aromatic carbocycles. The van der Waals surface area contributed by atoms with Crippen molar-refractivity contribution in [3.63, 3.8) is 0 Å². The Balaban J connectivity index is 2.12. The van der Waals surface area contributed by atoms with E-state index in [0.29, 0.717) is 0 Å². The molecular formula is C15H12F3N5O2. The lowest BCUT2D eigenvalue weighted by atomic mass is 10.0. The quantitative estimate of drug-likeness (QED) is 0.866. The number of hydrogen-bond acceptors (Lipinski definition) is 6. The second-order valence-corrected chi connectivity index (χ2v) is 5.24. The van der Waals surface area contributed by atoms with Crippen molar-refractivity contribution in [2.24, 2.45) is 5.10 Å². The first-order chi connectivity index (χ1) is 11.8. The summed E-state index contributed by atoms with van der Waals surface area (Å²) < 4.78 is 45.4. The zero-order chi connectivity index (χ0) is 18.2. The zero-order valence-corrected chi connectivity index (χ0v) is 12.8. The molecule has 0 saturated carbocycles. The van der Waals surface area contributed by atoms with Gasteiger partial charge in [0.05, 0.1) is 11.3 Å². The van der Waals surface area contributed by atoms with Crippen molar-refractivity contribution >= 4 is 17.6 Å². The fourth-order valence-corrected chi connectivity index (χ4v) is 2.39. The molecule has 0 aliphatic carbocycles. The fraction of sp³-hybridized carbons (Fsp3) is 0.200. The number of hydrazone groups is 1. The number of ether oxygens (including phenoxy) is 1. The Labute approximate surface area is 139 Å². The Hall–Kier alpha value is -3.17. The molecule has 1 aliphatic heterocycles. The van der Waals surface area contributed by atoms with Gasteiger partial charge in [0, 0.05) is 23.5 Å². The normalized spacial score (nSPS) is 17.5. The summed E-state index contributed by atoms with van der Waals surface area (Å²) in [6.07, 6.45) is -3.70. The number of halogens is 3. The number of cyclic esters (lactones) is 1. The molecule has 0 spiro atoms. The van der Waals surface area contributed by atoms with Gasteiger partial charge in [-0.1, -0.05) is 0 Å². The number of amides is 1. The van der Waals surface area contributed by atoms with E-state index in [9.17, 15) is 18.0 Å². The molecule has 2 aromatic rings.